The number of halogens is 1. The van der Waals surface area contributed by atoms with Crippen molar-refractivity contribution in [2.75, 3.05) is 25.5 Å². The Bertz CT molecular complexity index is 339. The summed E-state index contributed by atoms with van der Waals surface area (Å²) in [5.41, 5.74) is 1.16. The smallest absolute Gasteiger partial charge is 0.0485 e. The molecule has 0 aliphatic carbocycles. The molecule has 17 heavy (non-hydrogen) atoms. The van der Waals surface area contributed by atoms with Gasteiger partial charge in [-0.05, 0) is 48.0 Å². The Labute approximate surface area is 114 Å². The van der Waals surface area contributed by atoms with Crippen LogP contribution in [0.3, 0.4) is 0 Å². The average molecular weight is 299 g/mol. The third-order valence-electron chi connectivity index (χ3n) is 3.31. The second-order valence-corrected chi connectivity index (χ2v) is 5.73. The van der Waals surface area contributed by atoms with E-state index in [1.165, 1.54) is 0 Å². The Kier molecular flexibility index (Phi) is 6.00. The van der Waals surface area contributed by atoms with E-state index >= 15 is 0 Å². The lowest BCUT2D eigenvalue weighted by Crippen LogP contribution is -2.36. The number of nitrogens with one attached hydrogen (secondary N) is 1. The monoisotopic (exact) mass is 298 g/mol. The summed E-state index contributed by atoms with van der Waals surface area (Å²) < 4.78 is 1.12. The van der Waals surface area contributed by atoms with Crippen molar-refractivity contribution in [3.63, 3.8) is 0 Å². The van der Waals surface area contributed by atoms with Crippen LogP contribution in [-0.4, -0.2) is 31.1 Å². The van der Waals surface area contributed by atoms with Gasteiger partial charge in [0.25, 0.3) is 0 Å². The number of hydrogen-bond donors (Lipinski definition) is 1. The fourth-order valence-corrected chi connectivity index (χ4v) is 2.11. The maximum absolute atomic E-state index is 3.54. The lowest BCUT2D eigenvalue weighted by atomic mass is 10.1. The number of rotatable bonds is 6. The van der Waals surface area contributed by atoms with Gasteiger partial charge in [0.1, 0.15) is 0 Å². The second-order valence-electron chi connectivity index (χ2n) is 4.87. The normalized spacial score (nSPS) is 13.1. The minimum absolute atomic E-state index is 0.621. The summed E-state index contributed by atoms with van der Waals surface area (Å²) in [5.74, 6) is 0.698. The molecule has 1 aromatic rings. The van der Waals surface area contributed by atoms with Crippen molar-refractivity contribution < 1.29 is 0 Å². The molecule has 1 unspecified atom stereocenters. The quantitative estimate of drug-likeness (QED) is 0.858. The molecular formula is C14H23BrN2. The van der Waals surface area contributed by atoms with Crippen molar-refractivity contribution in [1.82, 2.24) is 4.90 Å². The molecule has 96 valence electrons. The van der Waals surface area contributed by atoms with Crippen LogP contribution in [-0.2, 0) is 0 Å². The third-order valence-corrected chi connectivity index (χ3v) is 4.01. The van der Waals surface area contributed by atoms with Crippen molar-refractivity contribution in [3.8, 4) is 0 Å². The average Bonchev–Trinajstić information content (AvgIpc) is 2.30. The van der Waals surface area contributed by atoms with Crippen LogP contribution in [0.1, 0.15) is 20.8 Å². The van der Waals surface area contributed by atoms with Gasteiger partial charge in [-0.2, -0.15) is 0 Å². The molecule has 1 atom stereocenters. The van der Waals surface area contributed by atoms with Gasteiger partial charge in [-0.3, -0.25) is 0 Å². The van der Waals surface area contributed by atoms with Gasteiger partial charge in [-0.15, -0.1) is 0 Å². The van der Waals surface area contributed by atoms with Gasteiger partial charge in [-0.1, -0.05) is 26.0 Å². The molecule has 0 saturated carbocycles. The molecule has 0 aliphatic rings. The lowest BCUT2D eigenvalue weighted by molar-refractivity contribution is 0.215. The standard InChI is InChI=1S/C14H23BrN2/c1-11(2)12(3)17(4)10-9-16-14-8-6-5-7-13(14)15/h5-8,11-12,16H,9-10H2,1-4H3. The summed E-state index contributed by atoms with van der Waals surface area (Å²) in [5, 5.41) is 3.45. The first-order valence-electron chi connectivity index (χ1n) is 6.21. The largest absolute Gasteiger partial charge is 0.383 e. The number of benzene rings is 1. The number of para-hydroxylation sites is 1. The lowest BCUT2D eigenvalue weighted by Gasteiger charge is -2.28. The van der Waals surface area contributed by atoms with E-state index < -0.39 is 0 Å². The minimum Gasteiger partial charge on any atom is -0.383 e. The predicted octanol–water partition coefficient (Wildman–Crippen LogP) is 3.84. The van der Waals surface area contributed by atoms with E-state index in [0.717, 1.165) is 23.2 Å². The fraction of sp³-hybridized carbons (Fsp3) is 0.571. The Morgan fingerprint density at radius 2 is 1.88 bits per heavy atom. The number of likely N-dealkylation sites (N-methyl/N-ethyl adjacent to an activating group) is 1. The summed E-state index contributed by atoms with van der Waals surface area (Å²) in [6.07, 6.45) is 0. The van der Waals surface area contributed by atoms with Crippen LogP contribution in [0.15, 0.2) is 28.7 Å². The zero-order chi connectivity index (χ0) is 12.8. The molecule has 1 aromatic carbocycles. The van der Waals surface area contributed by atoms with Crippen LogP contribution < -0.4 is 5.32 Å². The van der Waals surface area contributed by atoms with E-state index in [9.17, 15) is 0 Å². The van der Waals surface area contributed by atoms with Gasteiger partial charge in [0.15, 0.2) is 0 Å². The van der Waals surface area contributed by atoms with Crippen LogP contribution in [0.25, 0.3) is 0 Å². The fourth-order valence-electron chi connectivity index (χ4n) is 1.68. The minimum atomic E-state index is 0.621. The molecule has 0 saturated heterocycles. The molecule has 1 rings (SSSR count). The molecule has 0 spiro atoms. The topological polar surface area (TPSA) is 15.3 Å². The van der Waals surface area contributed by atoms with Crippen molar-refractivity contribution in [1.29, 1.82) is 0 Å². The first-order valence-corrected chi connectivity index (χ1v) is 7.00. The predicted molar refractivity (Wildman–Crippen MR) is 79.6 cm³/mol. The van der Waals surface area contributed by atoms with Gasteiger partial charge in [0.05, 0.1) is 0 Å². The highest BCUT2D eigenvalue weighted by atomic mass is 79.9. The summed E-state index contributed by atoms with van der Waals surface area (Å²) in [6.45, 7) is 8.84. The molecule has 0 bridgehead atoms. The molecule has 0 fully saturated rings. The second kappa shape index (κ2) is 7.02. The van der Waals surface area contributed by atoms with E-state index in [-0.39, 0.29) is 0 Å². The molecule has 0 radical (unpaired) electrons. The van der Waals surface area contributed by atoms with Crippen LogP contribution in [0.4, 0.5) is 5.69 Å². The van der Waals surface area contributed by atoms with E-state index in [2.05, 4.69) is 66.1 Å². The molecule has 0 amide bonds. The molecule has 2 nitrogen and oxygen atoms in total. The van der Waals surface area contributed by atoms with Gasteiger partial charge in [0.2, 0.25) is 0 Å². The molecule has 0 aromatic heterocycles. The first-order chi connectivity index (χ1) is 8.02. The molecule has 0 aliphatic heterocycles. The number of hydrogen-bond acceptors (Lipinski definition) is 2. The van der Waals surface area contributed by atoms with Crippen LogP contribution in [0.2, 0.25) is 0 Å². The molecule has 3 heteroatoms. The van der Waals surface area contributed by atoms with E-state index in [1.807, 2.05) is 12.1 Å². The van der Waals surface area contributed by atoms with Crippen LogP contribution >= 0.6 is 15.9 Å². The van der Waals surface area contributed by atoms with Gasteiger partial charge >= 0.3 is 0 Å². The summed E-state index contributed by atoms with van der Waals surface area (Å²) in [7, 11) is 2.19. The first kappa shape index (κ1) is 14.5. The summed E-state index contributed by atoms with van der Waals surface area (Å²) in [6, 6.07) is 8.85. The summed E-state index contributed by atoms with van der Waals surface area (Å²) >= 11 is 3.54. The Morgan fingerprint density at radius 3 is 2.47 bits per heavy atom. The van der Waals surface area contributed by atoms with Gasteiger partial charge in [0, 0.05) is 29.3 Å². The Balaban J connectivity index is 2.36. The molecule has 1 N–H and O–H groups in total. The SMILES string of the molecule is CC(C)C(C)N(C)CCNc1ccccc1Br. The molecular weight excluding hydrogens is 276 g/mol. The maximum atomic E-state index is 3.54. The summed E-state index contributed by atoms with van der Waals surface area (Å²) in [4.78, 5) is 2.40. The third kappa shape index (κ3) is 4.68. The van der Waals surface area contributed by atoms with Crippen molar-refractivity contribution in [3.05, 3.63) is 28.7 Å². The maximum Gasteiger partial charge on any atom is 0.0485 e. The number of nitrogens with zero attached hydrogens (tertiary/aromatic N) is 1. The Hall–Kier alpha value is -0.540. The highest BCUT2D eigenvalue weighted by Crippen LogP contribution is 2.20. The van der Waals surface area contributed by atoms with E-state index in [4.69, 9.17) is 0 Å². The van der Waals surface area contributed by atoms with Gasteiger partial charge < -0.3 is 10.2 Å². The van der Waals surface area contributed by atoms with E-state index in [1.54, 1.807) is 0 Å². The van der Waals surface area contributed by atoms with Crippen LogP contribution in [0, 0.1) is 5.92 Å². The van der Waals surface area contributed by atoms with Gasteiger partial charge in [-0.25, -0.2) is 0 Å². The number of anilines is 1. The van der Waals surface area contributed by atoms with Crippen molar-refractivity contribution in [2.45, 2.75) is 26.8 Å². The zero-order valence-electron chi connectivity index (χ0n) is 11.2. The highest BCUT2D eigenvalue weighted by Gasteiger charge is 2.12. The zero-order valence-corrected chi connectivity index (χ0v) is 12.8. The highest BCUT2D eigenvalue weighted by molar-refractivity contribution is 9.10. The van der Waals surface area contributed by atoms with Crippen molar-refractivity contribution in [2.24, 2.45) is 5.92 Å². The van der Waals surface area contributed by atoms with E-state index in [0.29, 0.717) is 12.0 Å². The molecule has 0 heterocycles. The van der Waals surface area contributed by atoms with Crippen LogP contribution in [0.5, 0.6) is 0 Å². The Morgan fingerprint density at radius 1 is 1.24 bits per heavy atom. The van der Waals surface area contributed by atoms with Crippen molar-refractivity contribution >= 4 is 21.6 Å².